The van der Waals surface area contributed by atoms with Gasteiger partial charge in [0.05, 0.1) is 4.75 Å². The van der Waals surface area contributed by atoms with Crippen molar-refractivity contribution in [1.29, 1.82) is 0 Å². The fourth-order valence-corrected chi connectivity index (χ4v) is 1.74. The molecule has 0 heterocycles. The van der Waals surface area contributed by atoms with Crippen LogP contribution in [0.15, 0.2) is 0 Å². The SMILES string of the molecule is CN(C)CCCN(C(=O)C(C)(C)S)C(C)(C)C. The van der Waals surface area contributed by atoms with Crippen molar-refractivity contribution in [3.8, 4) is 0 Å². The molecule has 0 aliphatic carbocycles. The van der Waals surface area contributed by atoms with E-state index in [-0.39, 0.29) is 11.4 Å². The maximum Gasteiger partial charge on any atom is 0.238 e. The molecule has 3 nitrogen and oxygen atoms in total. The minimum atomic E-state index is -0.606. The topological polar surface area (TPSA) is 23.6 Å². The zero-order valence-electron chi connectivity index (χ0n) is 12.4. The Labute approximate surface area is 112 Å². The predicted molar refractivity (Wildman–Crippen MR) is 77.7 cm³/mol. The highest BCUT2D eigenvalue weighted by atomic mass is 32.1. The number of carbonyl (C=O) groups excluding carboxylic acids is 1. The molecule has 4 heteroatoms. The van der Waals surface area contributed by atoms with Crippen LogP contribution in [0.3, 0.4) is 0 Å². The summed E-state index contributed by atoms with van der Waals surface area (Å²) in [5.41, 5.74) is -0.149. The Kier molecular flexibility index (Phi) is 6.02. The van der Waals surface area contributed by atoms with E-state index < -0.39 is 4.75 Å². The minimum absolute atomic E-state index is 0.104. The highest BCUT2D eigenvalue weighted by Gasteiger charge is 2.34. The molecule has 0 aromatic rings. The average molecular weight is 260 g/mol. The van der Waals surface area contributed by atoms with Crippen LogP contribution in [0.25, 0.3) is 0 Å². The van der Waals surface area contributed by atoms with E-state index in [1.807, 2.05) is 32.8 Å². The number of thiol groups is 1. The first-order valence-corrected chi connectivity index (χ1v) is 6.60. The highest BCUT2D eigenvalue weighted by Crippen LogP contribution is 2.23. The Morgan fingerprint density at radius 1 is 1.06 bits per heavy atom. The molecule has 0 fully saturated rings. The quantitative estimate of drug-likeness (QED) is 0.767. The molecule has 0 aliphatic rings. The van der Waals surface area contributed by atoms with Gasteiger partial charge in [-0.15, -0.1) is 0 Å². The number of rotatable bonds is 5. The molecule has 0 radical (unpaired) electrons. The average Bonchev–Trinajstić information content (AvgIpc) is 2.07. The molecule has 1 amide bonds. The first-order chi connectivity index (χ1) is 7.46. The van der Waals surface area contributed by atoms with Gasteiger partial charge in [0, 0.05) is 12.1 Å². The zero-order valence-corrected chi connectivity index (χ0v) is 13.3. The normalized spacial score (nSPS) is 13.0. The Morgan fingerprint density at radius 3 is 1.82 bits per heavy atom. The number of nitrogens with zero attached hydrogens (tertiary/aromatic N) is 2. The molecule has 0 spiro atoms. The van der Waals surface area contributed by atoms with Crippen molar-refractivity contribution in [3.05, 3.63) is 0 Å². The van der Waals surface area contributed by atoms with E-state index in [1.165, 1.54) is 0 Å². The lowest BCUT2D eigenvalue weighted by molar-refractivity contribution is -0.137. The second-order valence-corrected chi connectivity index (χ2v) is 7.46. The lowest BCUT2D eigenvalue weighted by Gasteiger charge is -2.39. The van der Waals surface area contributed by atoms with Crippen molar-refractivity contribution in [2.45, 2.75) is 51.3 Å². The predicted octanol–water partition coefficient (Wildman–Crippen LogP) is 2.27. The standard InChI is InChI=1S/C13H28N2OS/c1-12(2,3)15(10-8-9-14(6)7)11(16)13(4,5)17/h17H,8-10H2,1-7H3. The van der Waals surface area contributed by atoms with Crippen molar-refractivity contribution in [2.75, 3.05) is 27.2 Å². The van der Waals surface area contributed by atoms with Gasteiger partial charge in [-0.25, -0.2) is 0 Å². The van der Waals surface area contributed by atoms with Gasteiger partial charge in [0.25, 0.3) is 0 Å². The van der Waals surface area contributed by atoms with Crippen LogP contribution in [-0.2, 0) is 4.79 Å². The Bertz CT molecular complexity index is 251. The minimum Gasteiger partial charge on any atom is -0.337 e. The van der Waals surface area contributed by atoms with Crippen LogP contribution in [0.1, 0.15) is 41.0 Å². The summed E-state index contributed by atoms with van der Waals surface area (Å²) in [6, 6.07) is 0. The third kappa shape index (κ3) is 6.32. The molecule has 0 aromatic carbocycles. The highest BCUT2D eigenvalue weighted by molar-refractivity contribution is 7.82. The molecule has 0 N–H and O–H groups in total. The van der Waals surface area contributed by atoms with Gasteiger partial charge in [0.2, 0.25) is 5.91 Å². The third-order valence-corrected chi connectivity index (χ3v) is 2.76. The van der Waals surface area contributed by atoms with Gasteiger partial charge < -0.3 is 9.80 Å². The fraction of sp³-hybridized carbons (Fsp3) is 0.923. The van der Waals surface area contributed by atoms with Crippen LogP contribution in [-0.4, -0.2) is 53.2 Å². The summed E-state index contributed by atoms with van der Waals surface area (Å²) in [5.74, 6) is 0.104. The zero-order chi connectivity index (χ0) is 13.9. The van der Waals surface area contributed by atoms with E-state index in [4.69, 9.17) is 0 Å². The van der Waals surface area contributed by atoms with E-state index in [9.17, 15) is 4.79 Å². The number of hydrogen-bond acceptors (Lipinski definition) is 3. The van der Waals surface area contributed by atoms with E-state index in [0.29, 0.717) is 0 Å². The fourth-order valence-electron chi connectivity index (χ4n) is 1.62. The van der Waals surface area contributed by atoms with Crippen molar-refractivity contribution in [2.24, 2.45) is 0 Å². The third-order valence-electron chi connectivity index (χ3n) is 2.57. The molecule has 0 aromatic heterocycles. The van der Waals surface area contributed by atoms with Gasteiger partial charge in [-0.3, -0.25) is 4.79 Å². The van der Waals surface area contributed by atoms with Crippen LogP contribution in [0.5, 0.6) is 0 Å². The summed E-state index contributed by atoms with van der Waals surface area (Å²) in [7, 11) is 4.09. The summed E-state index contributed by atoms with van der Waals surface area (Å²) >= 11 is 4.38. The smallest absolute Gasteiger partial charge is 0.238 e. The first kappa shape index (κ1) is 16.8. The molecule has 102 valence electrons. The molecular formula is C13H28N2OS. The van der Waals surface area contributed by atoms with E-state index in [2.05, 4.69) is 38.3 Å². The largest absolute Gasteiger partial charge is 0.337 e. The lowest BCUT2D eigenvalue weighted by Crippen LogP contribution is -2.52. The van der Waals surface area contributed by atoms with E-state index in [0.717, 1.165) is 19.5 Å². The summed E-state index contributed by atoms with van der Waals surface area (Å²) < 4.78 is -0.606. The molecule has 0 unspecified atom stereocenters. The summed E-state index contributed by atoms with van der Waals surface area (Å²) in [4.78, 5) is 16.4. The van der Waals surface area contributed by atoms with Gasteiger partial charge in [-0.2, -0.15) is 12.6 Å². The van der Waals surface area contributed by atoms with Crippen molar-refractivity contribution < 1.29 is 4.79 Å². The van der Waals surface area contributed by atoms with Gasteiger partial charge in [0.1, 0.15) is 0 Å². The Hall–Kier alpha value is -0.220. The van der Waals surface area contributed by atoms with Crippen LogP contribution in [0, 0.1) is 0 Å². The van der Waals surface area contributed by atoms with Crippen LogP contribution >= 0.6 is 12.6 Å². The summed E-state index contributed by atoms with van der Waals surface area (Å²) in [6.45, 7) is 11.7. The summed E-state index contributed by atoms with van der Waals surface area (Å²) in [5, 5.41) is 0. The number of hydrogen-bond donors (Lipinski definition) is 1. The van der Waals surface area contributed by atoms with Gasteiger partial charge >= 0.3 is 0 Å². The van der Waals surface area contributed by atoms with Gasteiger partial charge in [-0.1, -0.05) is 0 Å². The van der Waals surface area contributed by atoms with Gasteiger partial charge in [0.15, 0.2) is 0 Å². The van der Waals surface area contributed by atoms with Crippen LogP contribution in [0.2, 0.25) is 0 Å². The molecule has 0 saturated heterocycles. The van der Waals surface area contributed by atoms with E-state index >= 15 is 0 Å². The second kappa shape index (κ2) is 6.10. The van der Waals surface area contributed by atoms with Crippen LogP contribution < -0.4 is 0 Å². The number of carbonyl (C=O) groups is 1. The maximum atomic E-state index is 12.3. The second-order valence-electron chi connectivity index (χ2n) is 6.34. The Morgan fingerprint density at radius 2 is 1.53 bits per heavy atom. The lowest BCUT2D eigenvalue weighted by atomic mass is 10.0. The molecule has 17 heavy (non-hydrogen) atoms. The summed E-state index contributed by atoms with van der Waals surface area (Å²) in [6.07, 6.45) is 0.986. The molecule has 0 aliphatic heterocycles. The van der Waals surface area contributed by atoms with Crippen molar-refractivity contribution in [3.63, 3.8) is 0 Å². The molecule has 0 saturated carbocycles. The van der Waals surface area contributed by atoms with Crippen molar-refractivity contribution >= 4 is 18.5 Å². The first-order valence-electron chi connectivity index (χ1n) is 6.15. The van der Waals surface area contributed by atoms with Gasteiger partial charge in [-0.05, 0) is 61.7 Å². The van der Waals surface area contributed by atoms with Crippen molar-refractivity contribution in [1.82, 2.24) is 9.80 Å². The molecule has 0 bridgehead atoms. The molecule has 0 atom stereocenters. The maximum absolute atomic E-state index is 12.3. The monoisotopic (exact) mass is 260 g/mol. The molecular weight excluding hydrogens is 232 g/mol. The number of amides is 1. The Balaban J connectivity index is 4.63. The molecule has 0 rings (SSSR count). The van der Waals surface area contributed by atoms with E-state index in [1.54, 1.807) is 0 Å². The van der Waals surface area contributed by atoms with Crippen LogP contribution in [0.4, 0.5) is 0 Å².